The normalized spacial score (nSPS) is 15.2. The number of aromatic nitrogens is 1. The summed E-state index contributed by atoms with van der Waals surface area (Å²) in [6.45, 7) is 4.50. The second kappa shape index (κ2) is 17.4. The summed E-state index contributed by atoms with van der Waals surface area (Å²) >= 11 is 0. The number of nitrogens with one attached hydrogen (secondary N) is 3. The minimum absolute atomic E-state index is 0.0183. The minimum atomic E-state index is -0.763. The van der Waals surface area contributed by atoms with E-state index in [0.717, 1.165) is 91.4 Å². The number of likely N-dealkylation sites (tertiary alicyclic amines) is 1. The van der Waals surface area contributed by atoms with Gasteiger partial charge in [0.15, 0.2) is 0 Å². The summed E-state index contributed by atoms with van der Waals surface area (Å²) in [7, 11) is 4.43. The van der Waals surface area contributed by atoms with Crippen molar-refractivity contribution in [2.45, 2.75) is 57.2 Å². The fraction of sp³-hybridized carbons (Fsp3) is 0.436. The summed E-state index contributed by atoms with van der Waals surface area (Å²) in [5.41, 5.74) is 4.60. The van der Waals surface area contributed by atoms with Gasteiger partial charge in [-0.15, -0.1) is 0 Å². The van der Waals surface area contributed by atoms with Gasteiger partial charge in [-0.1, -0.05) is 48.5 Å². The smallest absolute Gasteiger partial charge is 0.411 e. The molecule has 10 nitrogen and oxygen atoms in total. The van der Waals surface area contributed by atoms with Gasteiger partial charge in [-0.3, -0.25) is 10.1 Å². The monoisotopic (exact) mass is 671 g/mol. The first kappa shape index (κ1) is 36.1. The van der Waals surface area contributed by atoms with Crippen LogP contribution in [0.1, 0.15) is 55.8 Å². The lowest BCUT2D eigenvalue weighted by molar-refractivity contribution is -0.896. The number of hydrogen-bond donors (Lipinski definition) is 5. The lowest BCUT2D eigenvalue weighted by Gasteiger charge is -2.36. The van der Waals surface area contributed by atoms with Crippen molar-refractivity contribution in [2.75, 3.05) is 58.8 Å². The number of H-pyrrole nitrogens is 1. The van der Waals surface area contributed by atoms with Crippen LogP contribution in [0.4, 0.5) is 10.5 Å². The Morgan fingerprint density at radius 2 is 1.73 bits per heavy atom. The van der Waals surface area contributed by atoms with Crippen LogP contribution in [0.5, 0.6) is 5.75 Å². The number of rotatable bonds is 16. The van der Waals surface area contributed by atoms with E-state index >= 15 is 0 Å². The van der Waals surface area contributed by atoms with E-state index < -0.39 is 12.2 Å². The van der Waals surface area contributed by atoms with E-state index in [1.807, 2.05) is 30.3 Å². The maximum absolute atomic E-state index is 12.9. The van der Waals surface area contributed by atoms with Crippen LogP contribution in [0.25, 0.3) is 22.0 Å². The summed E-state index contributed by atoms with van der Waals surface area (Å²) < 4.78 is 12.7. The van der Waals surface area contributed by atoms with Gasteiger partial charge in [-0.2, -0.15) is 0 Å². The van der Waals surface area contributed by atoms with Gasteiger partial charge in [-0.25, -0.2) is 4.79 Å². The molecular weight excluding hydrogens is 620 g/mol. The summed E-state index contributed by atoms with van der Waals surface area (Å²) in [4.78, 5) is 27.2. The number of nitrogens with zero attached hydrogens (tertiary/aromatic N) is 1. The number of amides is 1. The first-order valence-corrected chi connectivity index (χ1v) is 17.5. The number of unbranched alkanes of at least 4 members (excludes halogenated alkanes) is 2. The lowest BCUT2D eigenvalue weighted by Crippen LogP contribution is -2.48. The third-order valence-electron chi connectivity index (χ3n) is 9.29. The Morgan fingerprint density at radius 3 is 2.53 bits per heavy atom. The molecule has 1 atom stereocenters. The van der Waals surface area contributed by atoms with Gasteiger partial charge in [0.1, 0.15) is 11.9 Å². The number of aryl methyl sites for hydroxylation is 1. The predicted molar refractivity (Wildman–Crippen MR) is 194 cm³/mol. The highest BCUT2D eigenvalue weighted by Gasteiger charge is 2.28. The molecule has 0 aliphatic carbocycles. The summed E-state index contributed by atoms with van der Waals surface area (Å²) in [5, 5.41) is 27.7. The number of carbonyl (C=O) groups excluding carboxylic acids is 1. The van der Waals surface area contributed by atoms with Crippen LogP contribution in [-0.4, -0.2) is 85.4 Å². The molecule has 2 heterocycles. The van der Waals surface area contributed by atoms with E-state index in [-0.39, 0.29) is 17.4 Å². The molecule has 49 heavy (non-hydrogen) atoms. The van der Waals surface area contributed by atoms with Gasteiger partial charge >= 0.3 is 6.09 Å². The largest absolute Gasteiger partial charge is 0.506 e. The number of phenols is 1. The number of hydrogen-bond acceptors (Lipinski definition) is 7. The quantitative estimate of drug-likeness (QED) is 0.0715. The Hall–Kier alpha value is -4.22. The Labute approximate surface area is 288 Å². The molecule has 1 amide bonds. The molecule has 0 spiro atoms. The van der Waals surface area contributed by atoms with Gasteiger partial charge in [0.05, 0.1) is 44.5 Å². The molecule has 262 valence electrons. The van der Waals surface area contributed by atoms with Crippen molar-refractivity contribution in [3.8, 4) is 16.9 Å². The molecule has 1 aliphatic heterocycles. The van der Waals surface area contributed by atoms with Crippen LogP contribution in [0, 0.1) is 0 Å². The van der Waals surface area contributed by atoms with E-state index in [0.29, 0.717) is 36.2 Å². The van der Waals surface area contributed by atoms with Crippen molar-refractivity contribution in [3.05, 3.63) is 94.3 Å². The molecule has 1 aromatic heterocycles. The number of anilines is 1. The zero-order valence-electron chi connectivity index (χ0n) is 28.7. The molecule has 5 N–H and O–H groups in total. The molecular formula is C39H51N4O6+. The minimum Gasteiger partial charge on any atom is -0.506 e. The highest BCUT2D eigenvalue weighted by Crippen LogP contribution is 2.31. The maximum Gasteiger partial charge on any atom is 0.411 e. The molecule has 1 aliphatic rings. The molecule has 3 aromatic carbocycles. The summed E-state index contributed by atoms with van der Waals surface area (Å²) in [6.07, 6.45) is 5.18. The van der Waals surface area contributed by atoms with Crippen molar-refractivity contribution in [1.82, 2.24) is 10.3 Å². The van der Waals surface area contributed by atoms with E-state index in [1.165, 1.54) is 12.1 Å². The molecule has 0 radical (unpaired) electrons. The third kappa shape index (κ3) is 10.6. The summed E-state index contributed by atoms with van der Waals surface area (Å²) in [5.74, 6) is -0.0183. The number of ether oxygens (including phenoxy) is 2. The van der Waals surface area contributed by atoms with Crippen LogP contribution >= 0.6 is 0 Å². The Bertz CT molecular complexity index is 1710. The second-order valence-electron chi connectivity index (χ2n) is 13.6. The second-order valence-corrected chi connectivity index (χ2v) is 13.6. The number of carbonyl (C=O) groups is 1. The number of pyridine rings is 1. The zero-order valence-corrected chi connectivity index (χ0v) is 28.7. The number of fused-ring (bicyclic) bond motifs is 1. The number of aliphatic hydroxyl groups is 1. The van der Waals surface area contributed by atoms with Crippen LogP contribution in [0.3, 0.4) is 0 Å². The zero-order chi connectivity index (χ0) is 34.6. The number of benzene rings is 3. The first-order valence-electron chi connectivity index (χ1n) is 17.5. The molecule has 0 saturated carbocycles. The van der Waals surface area contributed by atoms with E-state index in [9.17, 15) is 19.8 Å². The average Bonchev–Trinajstić information content (AvgIpc) is 3.09. The van der Waals surface area contributed by atoms with Gasteiger partial charge < -0.3 is 34.5 Å². The van der Waals surface area contributed by atoms with Crippen LogP contribution in [-0.2, 0) is 15.9 Å². The maximum atomic E-state index is 12.9. The molecule has 0 unspecified atom stereocenters. The van der Waals surface area contributed by atoms with Crippen LogP contribution in [0.2, 0.25) is 0 Å². The molecule has 10 heteroatoms. The van der Waals surface area contributed by atoms with Crippen LogP contribution < -0.4 is 16.2 Å². The highest BCUT2D eigenvalue weighted by atomic mass is 16.6. The highest BCUT2D eigenvalue weighted by molar-refractivity contribution is 5.92. The Kier molecular flexibility index (Phi) is 12.8. The SMILES string of the molecule is C[N+]1(C)CCC(OC(=O)Nc2cc(CCCOCCCCCNC[C@@H](O)c3ccc(O)c4[nH]c(=O)ccc34)ccc2-c2ccccc2)CC1. The van der Waals surface area contributed by atoms with E-state index in [4.69, 9.17) is 9.47 Å². The number of phenolic OH excluding ortho intramolecular Hbond substituents is 1. The lowest BCUT2D eigenvalue weighted by atomic mass is 10.00. The van der Waals surface area contributed by atoms with Gasteiger partial charge in [0, 0.05) is 49.6 Å². The van der Waals surface area contributed by atoms with Crippen molar-refractivity contribution >= 4 is 22.7 Å². The predicted octanol–water partition coefficient (Wildman–Crippen LogP) is 6.13. The van der Waals surface area contributed by atoms with Crippen molar-refractivity contribution in [1.29, 1.82) is 0 Å². The van der Waals surface area contributed by atoms with E-state index in [1.54, 1.807) is 12.1 Å². The average molecular weight is 672 g/mol. The number of piperidine rings is 1. The van der Waals surface area contributed by atoms with Gasteiger partial charge in [-0.05, 0) is 73.5 Å². The van der Waals surface area contributed by atoms with E-state index in [2.05, 4.69) is 47.9 Å². The number of quaternary nitrogens is 1. The van der Waals surface area contributed by atoms with Gasteiger partial charge in [0.2, 0.25) is 5.56 Å². The van der Waals surface area contributed by atoms with Crippen molar-refractivity contribution < 1.29 is 29.0 Å². The molecule has 1 fully saturated rings. The van der Waals surface area contributed by atoms with Crippen molar-refractivity contribution in [2.24, 2.45) is 0 Å². The van der Waals surface area contributed by atoms with Gasteiger partial charge in [0.25, 0.3) is 0 Å². The Morgan fingerprint density at radius 1 is 0.959 bits per heavy atom. The number of aromatic amines is 1. The molecule has 0 bridgehead atoms. The van der Waals surface area contributed by atoms with Crippen molar-refractivity contribution in [3.63, 3.8) is 0 Å². The third-order valence-corrected chi connectivity index (χ3v) is 9.29. The fourth-order valence-electron chi connectivity index (χ4n) is 6.38. The molecule has 4 aromatic rings. The molecule has 5 rings (SSSR count). The summed E-state index contributed by atoms with van der Waals surface area (Å²) in [6, 6.07) is 22.5. The number of aliphatic hydroxyl groups excluding tert-OH is 1. The number of aromatic hydroxyl groups is 1. The molecule has 1 saturated heterocycles. The van der Waals surface area contributed by atoms with Crippen LogP contribution in [0.15, 0.2) is 77.6 Å². The standard InChI is InChI=1S/C39H50N4O6/c1-43(2)22-19-30(20-23-43)49-39(47)41-34-26-28(13-14-31(34)29-11-5-3-6-12-29)10-9-25-48-24-8-4-7-21-40-27-36(45)32-15-17-35(44)38-33(32)16-18-37(46)42-38/h3,5-6,11-18,26,30,36,40,45H,4,7-10,19-25,27H2,1-2H3,(H2-,41,42,44,46,47)/p+1/t36-/m1/s1. The Balaban J connectivity index is 0.993. The topological polar surface area (TPSA) is 133 Å². The fourth-order valence-corrected chi connectivity index (χ4v) is 6.38. The first-order chi connectivity index (χ1) is 23.7.